The molecule has 0 saturated heterocycles. The van der Waals surface area contributed by atoms with Gasteiger partial charge in [0.25, 0.3) is 0 Å². The number of esters is 1. The maximum absolute atomic E-state index is 11.1. The molecule has 0 atom stereocenters. The zero-order chi connectivity index (χ0) is 9.14. The second kappa shape index (κ2) is 3.91. The van der Waals surface area contributed by atoms with Crippen LogP contribution >= 0.6 is 22.9 Å². The van der Waals surface area contributed by atoms with Crippen molar-refractivity contribution in [2.75, 3.05) is 6.61 Å². The lowest BCUT2D eigenvalue weighted by Crippen LogP contribution is -2.08. The van der Waals surface area contributed by atoms with Gasteiger partial charge < -0.3 is 4.74 Å². The molecule has 6 heteroatoms. The highest BCUT2D eigenvalue weighted by atomic mass is 35.5. The van der Waals surface area contributed by atoms with Gasteiger partial charge in [-0.25, -0.2) is 9.78 Å². The monoisotopic (exact) mass is 201 g/mol. The Bertz CT molecular complexity index is 302. The highest BCUT2D eigenvalue weighted by Crippen LogP contribution is 2.18. The first-order valence-corrected chi connectivity index (χ1v) is 4.43. The summed E-state index contributed by atoms with van der Waals surface area (Å²) in [5, 5.41) is 0. The Morgan fingerprint density at radius 3 is 2.92 bits per heavy atom. The number of rotatable bonds is 2. The number of nitrogens with zero attached hydrogens (tertiary/aromatic N) is 1. The molecule has 1 rings (SSSR count). The van der Waals surface area contributed by atoms with Gasteiger partial charge in [-0.3, -0.25) is 0 Å². The summed E-state index contributed by atoms with van der Waals surface area (Å²) in [6.07, 6.45) is 0. The van der Waals surface area contributed by atoms with Crippen LogP contribution in [0, 0.1) is 0 Å². The van der Waals surface area contributed by atoms with Crippen molar-refractivity contribution < 1.29 is 9.53 Å². The molecule has 0 aliphatic heterocycles. The SMILES string of the molecule is [B]c1nc(C(=O)OCC)c(Cl)s1. The van der Waals surface area contributed by atoms with E-state index in [4.69, 9.17) is 19.4 Å². The van der Waals surface area contributed by atoms with Gasteiger partial charge in [0.15, 0.2) is 13.5 Å². The van der Waals surface area contributed by atoms with E-state index in [-0.39, 0.29) is 14.9 Å². The summed E-state index contributed by atoms with van der Waals surface area (Å²) >= 11 is 6.71. The van der Waals surface area contributed by atoms with E-state index >= 15 is 0 Å². The molecule has 62 valence electrons. The van der Waals surface area contributed by atoms with E-state index in [9.17, 15) is 4.79 Å². The van der Waals surface area contributed by atoms with Crippen LogP contribution in [0.4, 0.5) is 0 Å². The third-order valence-corrected chi connectivity index (χ3v) is 2.15. The average molecular weight is 201 g/mol. The minimum absolute atomic E-state index is 0.0982. The van der Waals surface area contributed by atoms with Crippen LogP contribution in [0.15, 0.2) is 0 Å². The van der Waals surface area contributed by atoms with Crippen LogP contribution < -0.4 is 4.91 Å². The molecule has 2 radical (unpaired) electrons. The molecule has 0 N–H and O–H groups in total. The molecule has 0 saturated carbocycles. The van der Waals surface area contributed by atoms with Crippen molar-refractivity contribution in [3.63, 3.8) is 0 Å². The fourth-order valence-electron chi connectivity index (χ4n) is 0.642. The normalized spacial score (nSPS) is 9.83. The second-order valence-electron chi connectivity index (χ2n) is 1.89. The van der Waals surface area contributed by atoms with Gasteiger partial charge >= 0.3 is 5.97 Å². The molecule has 3 nitrogen and oxygen atoms in total. The second-order valence-corrected chi connectivity index (χ2v) is 3.53. The van der Waals surface area contributed by atoms with Gasteiger partial charge in [0, 0.05) is 4.91 Å². The molecule has 12 heavy (non-hydrogen) atoms. The number of hydrogen-bond acceptors (Lipinski definition) is 4. The largest absolute Gasteiger partial charge is 0.461 e. The molecule has 0 spiro atoms. The van der Waals surface area contributed by atoms with Crippen molar-refractivity contribution in [1.29, 1.82) is 0 Å². The first-order valence-electron chi connectivity index (χ1n) is 3.24. The molecule has 0 aliphatic rings. The molecular weight excluding hydrogens is 196 g/mol. The first kappa shape index (κ1) is 9.54. The first-order chi connectivity index (χ1) is 5.65. The summed E-state index contributed by atoms with van der Waals surface area (Å²) in [6.45, 7) is 2.01. The quantitative estimate of drug-likeness (QED) is 0.524. The third kappa shape index (κ3) is 1.98. The van der Waals surface area contributed by atoms with E-state index in [1.54, 1.807) is 6.92 Å². The number of halogens is 1. The minimum Gasteiger partial charge on any atom is -0.461 e. The van der Waals surface area contributed by atoms with Crippen molar-refractivity contribution in [3.05, 3.63) is 10.0 Å². The number of carbonyl (C=O) groups excluding carboxylic acids is 1. The van der Waals surface area contributed by atoms with Gasteiger partial charge in [-0.1, -0.05) is 11.6 Å². The maximum atomic E-state index is 11.1. The molecule has 0 bridgehead atoms. The maximum Gasteiger partial charge on any atom is 0.359 e. The lowest BCUT2D eigenvalue weighted by molar-refractivity contribution is 0.0521. The Kier molecular flexibility index (Phi) is 3.11. The van der Waals surface area contributed by atoms with Crippen molar-refractivity contribution >= 4 is 41.7 Å². The number of carbonyl (C=O) groups is 1. The van der Waals surface area contributed by atoms with E-state index in [0.717, 1.165) is 11.3 Å². The highest BCUT2D eigenvalue weighted by Gasteiger charge is 2.15. The molecule has 1 aromatic heterocycles. The summed E-state index contributed by atoms with van der Waals surface area (Å²) in [7, 11) is 5.33. The van der Waals surface area contributed by atoms with Crippen LogP contribution in [-0.2, 0) is 4.74 Å². The lowest BCUT2D eigenvalue weighted by atomic mass is 10.2. The number of ether oxygens (including phenoxy) is 1. The molecule has 0 aliphatic carbocycles. The van der Waals surface area contributed by atoms with Crippen LogP contribution in [0.25, 0.3) is 0 Å². The van der Waals surface area contributed by atoms with E-state index < -0.39 is 5.97 Å². The summed E-state index contributed by atoms with van der Waals surface area (Å²) in [5.74, 6) is -0.532. The van der Waals surface area contributed by atoms with Gasteiger partial charge in [-0.05, 0) is 6.92 Å². The Morgan fingerprint density at radius 1 is 1.83 bits per heavy atom. The van der Waals surface area contributed by atoms with Crippen molar-refractivity contribution in [1.82, 2.24) is 4.98 Å². The van der Waals surface area contributed by atoms with Gasteiger partial charge in [-0.2, -0.15) is 0 Å². The molecule has 1 heterocycles. The van der Waals surface area contributed by atoms with Gasteiger partial charge in [0.1, 0.15) is 4.34 Å². The van der Waals surface area contributed by atoms with E-state index in [1.165, 1.54) is 0 Å². The Morgan fingerprint density at radius 2 is 2.50 bits per heavy atom. The molecular formula is C6H5BClNO2S. The summed E-state index contributed by atoms with van der Waals surface area (Å²) in [5.41, 5.74) is 0.0982. The third-order valence-electron chi connectivity index (χ3n) is 1.07. The van der Waals surface area contributed by atoms with E-state index in [0.29, 0.717) is 6.61 Å². The van der Waals surface area contributed by atoms with Gasteiger partial charge in [0.05, 0.1) is 6.61 Å². The number of hydrogen-bond donors (Lipinski definition) is 0. The number of aromatic nitrogens is 1. The minimum atomic E-state index is -0.532. The Hall–Kier alpha value is -0.545. The standard InChI is InChI=1S/C6H5BClNO2S/c1-2-11-5(10)3-4(8)12-6(7)9-3/h2H2,1H3. The summed E-state index contributed by atoms with van der Waals surface area (Å²) in [4.78, 5) is 15.0. The average Bonchev–Trinajstić information content (AvgIpc) is 2.30. The molecule has 0 unspecified atom stereocenters. The van der Waals surface area contributed by atoms with Crippen LogP contribution in [0.3, 0.4) is 0 Å². The zero-order valence-electron chi connectivity index (χ0n) is 6.33. The molecule has 1 aromatic rings. The van der Waals surface area contributed by atoms with Crippen LogP contribution in [0.5, 0.6) is 0 Å². The number of thiazole rings is 1. The highest BCUT2D eigenvalue weighted by molar-refractivity contribution is 7.23. The fraction of sp³-hybridized carbons (Fsp3) is 0.333. The molecule has 0 amide bonds. The molecule has 0 aromatic carbocycles. The van der Waals surface area contributed by atoms with Gasteiger partial charge in [-0.15, -0.1) is 11.3 Å². The van der Waals surface area contributed by atoms with Crippen LogP contribution in [0.1, 0.15) is 17.4 Å². The van der Waals surface area contributed by atoms with Gasteiger partial charge in [0.2, 0.25) is 0 Å². The van der Waals surface area contributed by atoms with Crippen molar-refractivity contribution in [2.45, 2.75) is 6.92 Å². The Labute approximate surface area is 80.1 Å². The smallest absolute Gasteiger partial charge is 0.359 e. The van der Waals surface area contributed by atoms with Crippen LogP contribution in [-0.4, -0.2) is 25.4 Å². The van der Waals surface area contributed by atoms with E-state index in [1.807, 2.05) is 0 Å². The van der Waals surface area contributed by atoms with E-state index in [2.05, 4.69) is 9.72 Å². The van der Waals surface area contributed by atoms with Crippen molar-refractivity contribution in [2.24, 2.45) is 0 Å². The predicted octanol–water partition coefficient (Wildman–Crippen LogP) is 0.767. The fourth-order valence-corrected chi connectivity index (χ4v) is 1.55. The lowest BCUT2D eigenvalue weighted by Gasteiger charge is -1.96. The van der Waals surface area contributed by atoms with Crippen molar-refractivity contribution in [3.8, 4) is 0 Å². The zero-order valence-corrected chi connectivity index (χ0v) is 7.91. The summed E-state index contributed by atoms with van der Waals surface area (Å²) < 4.78 is 4.96. The Balaban J connectivity index is 2.87. The topological polar surface area (TPSA) is 39.2 Å². The molecule has 0 fully saturated rings. The summed E-state index contributed by atoms with van der Waals surface area (Å²) in [6, 6.07) is 0. The van der Waals surface area contributed by atoms with Crippen LogP contribution in [0.2, 0.25) is 4.34 Å². The predicted molar refractivity (Wildman–Crippen MR) is 48.5 cm³/mol.